The summed E-state index contributed by atoms with van der Waals surface area (Å²) in [6.45, 7) is 0. The van der Waals surface area contributed by atoms with Crippen LogP contribution in [-0.4, -0.2) is 6.29 Å². The summed E-state index contributed by atoms with van der Waals surface area (Å²) < 4.78 is 22.5. The standard InChI is InChI=1S/C8H5F2IO/c9-8(10,11)7-4-2-1-3-6(7)5-12/h1-5H. The molecule has 1 rings (SSSR count). The fourth-order valence-electron chi connectivity index (χ4n) is 0.858. The molecule has 0 aliphatic carbocycles. The molecule has 0 atom stereocenters. The maximum absolute atomic E-state index is 12.7. The van der Waals surface area contributed by atoms with E-state index in [0.717, 1.165) is 22.6 Å². The summed E-state index contributed by atoms with van der Waals surface area (Å²) in [5.41, 5.74) is -0.197. The van der Waals surface area contributed by atoms with Crippen LogP contribution >= 0.6 is 22.6 Å². The quantitative estimate of drug-likeness (QED) is 0.463. The predicted molar refractivity (Wildman–Crippen MR) is 49.7 cm³/mol. The smallest absolute Gasteiger partial charge is 0.298 e. The van der Waals surface area contributed by atoms with Gasteiger partial charge in [0.1, 0.15) is 0 Å². The fourth-order valence-corrected chi connectivity index (χ4v) is 1.35. The molecule has 0 aliphatic heterocycles. The van der Waals surface area contributed by atoms with Crippen LogP contribution in [0.4, 0.5) is 8.78 Å². The van der Waals surface area contributed by atoms with Gasteiger partial charge in [0.15, 0.2) is 6.29 Å². The largest absolute Gasteiger partial charge is 0.322 e. The summed E-state index contributed by atoms with van der Waals surface area (Å²) in [7, 11) is 0. The van der Waals surface area contributed by atoms with Gasteiger partial charge in [-0.25, -0.2) is 0 Å². The molecule has 0 radical (unpaired) electrons. The molecule has 0 heterocycles. The van der Waals surface area contributed by atoms with Crippen LogP contribution in [-0.2, 0) is 3.93 Å². The van der Waals surface area contributed by atoms with Gasteiger partial charge in [-0.15, -0.1) is 0 Å². The van der Waals surface area contributed by atoms with Gasteiger partial charge < -0.3 is 0 Å². The number of carbonyl (C=O) groups excluding carboxylic acids is 1. The van der Waals surface area contributed by atoms with Crippen molar-refractivity contribution < 1.29 is 13.6 Å². The van der Waals surface area contributed by atoms with Crippen molar-refractivity contribution in [3.8, 4) is 0 Å². The van der Waals surface area contributed by atoms with Crippen molar-refractivity contribution in [2.24, 2.45) is 0 Å². The number of aldehydes is 1. The highest BCUT2D eigenvalue weighted by Crippen LogP contribution is 2.36. The maximum Gasteiger partial charge on any atom is 0.322 e. The van der Waals surface area contributed by atoms with E-state index in [9.17, 15) is 13.6 Å². The lowest BCUT2D eigenvalue weighted by molar-refractivity contribution is 0.108. The van der Waals surface area contributed by atoms with E-state index < -0.39 is 3.93 Å². The lowest BCUT2D eigenvalue weighted by atomic mass is 10.1. The van der Waals surface area contributed by atoms with Crippen LogP contribution in [0, 0.1) is 0 Å². The monoisotopic (exact) mass is 282 g/mol. The van der Waals surface area contributed by atoms with Crippen molar-refractivity contribution in [2.45, 2.75) is 3.93 Å². The Bertz CT molecular complexity index is 293. The van der Waals surface area contributed by atoms with Crippen LogP contribution in [0.3, 0.4) is 0 Å². The second-order valence-corrected chi connectivity index (χ2v) is 3.56. The molecule has 0 fully saturated rings. The number of rotatable bonds is 2. The van der Waals surface area contributed by atoms with E-state index in [1.54, 1.807) is 6.07 Å². The molecular formula is C8H5F2IO. The average molecular weight is 282 g/mol. The van der Waals surface area contributed by atoms with E-state index in [1.807, 2.05) is 0 Å². The minimum Gasteiger partial charge on any atom is -0.298 e. The van der Waals surface area contributed by atoms with Gasteiger partial charge in [0.2, 0.25) is 0 Å². The molecule has 0 saturated carbocycles. The SMILES string of the molecule is O=Cc1ccccc1C(F)(F)I. The van der Waals surface area contributed by atoms with Gasteiger partial charge in [-0.2, -0.15) is 8.78 Å². The Kier molecular flexibility index (Phi) is 2.76. The number of carbonyl (C=O) groups is 1. The van der Waals surface area contributed by atoms with Crippen molar-refractivity contribution in [3.63, 3.8) is 0 Å². The number of halogens is 3. The molecule has 0 saturated heterocycles. The van der Waals surface area contributed by atoms with Gasteiger partial charge in [-0.1, -0.05) is 24.3 Å². The molecular weight excluding hydrogens is 277 g/mol. The first-order valence-corrected chi connectivity index (χ1v) is 4.25. The van der Waals surface area contributed by atoms with Gasteiger partial charge in [-0.3, -0.25) is 4.79 Å². The highest BCUT2D eigenvalue weighted by Gasteiger charge is 2.29. The molecule has 0 aromatic heterocycles. The van der Waals surface area contributed by atoms with Crippen molar-refractivity contribution in [2.75, 3.05) is 0 Å². The highest BCUT2D eigenvalue weighted by molar-refractivity contribution is 14.1. The second kappa shape index (κ2) is 3.47. The van der Waals surface area contributed by atoms with Gasteiger partial charge in [0, 0.05) is 33.7 Å². The zero-order valence-electron chi connectivity index (χ0n) is 5.93. The van der Waals surface area contributed by atoms with Gasteiger partial charge in [-0.05, 0) is 0 Å². The summed E-state index contributed by atoms with van der Waals surface area (Å²) in [6.07, 6.45) is 0.432. The Balaban J connectivity index is 3.23. The summed E-state index contributed by atoms with van der Waals surface area (Å²) >= 11 is 0.999. The lowest BCUT2D eigenvalue weighted by Gasteiger charge is -2.09. The zero-order chi connectivity index (χ0) is 9.19. The molecule has 0 aliphatic rings. The van der Waals surface area contributed by atoms with Crippen LogP contribution in [0.5, 0.6) is 0 Å². The molecule has 0 spiro atoms. The van der Waals surface area contributed by atoms with Crippen LogP contribution in [0.25, 0.3) is 0 Å². The Morgan fingerprint density at radius 1 is 1.33 bits per heavy atom. The van der Waals surface area contributed by atoms with Crippen LogP contribution < -0.4 is 0 Å². The Labute approximate surface area is 81.9 Å². The third kappa shape index (κ3) is 2.00. The minimum absolute atomic E-state index is 0.0388. The summed E-state index contributed by atoms with van der Waals surface area (Å²) in [5, 5.41) is 0. The molecule has 0 unspecified atom stereocenters. The molecule has 0 bridgehead atoms. The normalized spacial score (nSPS) is 11.2. The molecule has 1 aromatic carbocycles. The molecule has 64 valence electrons. The summed E-state index contributed by atoms with van der Waals surface area (Å²) in [4.78, 5) is 10.3. The van der Waals surface area contributed by atoms with Gasteiger partial charge in [0.05, 0.1) is 0 Å². The van der Waals surface area contributed by atoms with E-state index in [0.29, 0.717) is 6.29 Å². The van der Waals surface area contributed by atoms with Crippen molar-refractivity contribution >= 4 is 28.9 Å². The topological polar surface area (TPSA) is 17.1 Å². The Morgan fingerprint density at radius 3 is 2.33 bits per heavy atom. The molecule has 4 heteroatoms. The highest BCUT2D eigenvalue weighted by atomic mass is 127. The van der Waals surface area contributed by atoms with E-state index in [2.05, 4.69) is 0 Å². The molecule has 0 N–H and O–H groups in total. The lowest BCUT2D eigenvalue weighted by Crippen LogP contribution is -2.05. The van der Waals surface area contributed by atoms with E-state index in [4.69, 9.17) is 0 Å². The first-order chi connectivity index (χ1) is 5.55. The van der Waals surface area contributed by atoms with Crippen LogP contribution in [0.1, 0.15) is 15.9 Å². The number of hydrogen-bond donors (Lipinski definition) is 0. The predicted octanol–water partition coefficient (Wildman–Crippen LogP) is 2.98. The molecule has 1 nitrogen and oxygen atoms in total. The van der Waals surface area contributed by atoms with E-state index in [-0.39, 0.29) is 11.1 Å². The van der Waals surface area contributed by atoms with Crippen molar-refractivity contribution in [1.82, 2.24) is 0 Å². The first-order valence-electron chi connectivity index (χ1n) is 3.17. The zero-order valence-corrected chi connectivity index (χ0v) is 8.09. The van der Waals surface area contributed by atoms with E-state index in [1.165, 1.54) is 18.2 Å². The van der Waals surface area contributed by atoms with Gasteiger partial charge in [0.25, 0.3) is 0 Å². The average Bonchev–Trinajstić information content (AvgIpc) is 2.03. The van der Waals surface area contributed by atoms with Crippen LogP contribution in [0.15, 0.2) is 24.3 Å². The van der Waals surface area contributed by atoms with Crippen molar-refractivity contribution in [1.29, 1.82) is 0 Å². The molecule has 12 heavy (non-hydrogen) atoms. The summed E-state index contributed by atoms with van der Waals surface area (Å²) in [6, 6.07) is 5.65. The van der Waals surface area contributed by atoms with E-state index >= 15 is 0 Å². The second-order valence-electron chi connectivity index (χ2n) is 2.20. The third-order valence-electron chi connectivity index (χ3n) is 1.39. The summed E-state index contributed by atoms with van der Waals surface area (Å²) in [5.74, 6) is 0. The number of benzene rings is 1. The number of hydrogen-bond acceptors (Lipinski definition) is 1. The van der Waals surface area contributed by atoms with Crippen LogP contribution in [0.2, 0.25) is 0 Å². The maximum atomic E-state index is 12.7. The molecule has 0 amide bonds. The molecule has 1 aromatic rings. The number of alkyl halides is 3. The van der Waals surface area contributed by atoms with Crippen molar-refractivity contribution in [3.05, 3.63) is 35.4 Å². The fraction of sp³-hybridized carbons (Fsp3) is 0.125. The van der Waals surface area contributed by atoms with Gasteiger partial charge >= 0.3 is 3.93 Å². The third-order valence-corrected chi connectivity index (χ3v) is 1.97. The Morgan fingerprint density at radius 2 is 1.92 bits per heavy atom. The Hall–Kier alpha value is -0.520. The minimum atomic E-state index is -2.98. The first kappa shape index (κ1) is 9.57.